The first-order chi connectivity index (χ1) is 8.47. The van der Waals surface area contributed by atoms with Gasteiger partial charge in [0, 0.05) is 19.4 Å². The maximum atomic E-state index is 12.7. The fourth-order valence-electron chi connectivity index (χ4n) is 1.24. The monoisotopic (exact) mass is 280 g/mol. The third-order valence-electron chi connectivity index (χ3n) is 2.02. The zero-order valence-corrected chi connectivity index (χ0v) is 11.0. The molecule has 0 aliphatic carbocycles. The number of aromatic nitrogens is 1. The first-order valence-electron chi connectivity index (χ1n) is 5.42. The number of pyridine rings is 1. The van der Waals surface area contributed by atoms with Crippen molar-refractivity contribution in [3.63, 3.8) is 0 Å². The molecule has 0 spiro atoms. The van der Waals surface area contributed by atoms with Crippen LogP contribution in [0.5, 0.6) is 0 Å². The van der Waals surface area contributed by atoms with E-state index in [1.165, 1.54) is 11.8 Å². The van der Waals surface area contributed by atoms with E-state index in [0.29, 0.717) is 23.9 Å². The van der Waals surface area contributed by atoms with Gasteiger partial charge in [-0.2, -0.15) is 13.2 Å². The number of methoxy groups -OCH3 is 1. The van der Waals surface area contributed by atoms with Crippen LogP contribution in [0.3, 0.4) is 0 Å². The Kier molecular flexibility index (Phi) is 5.74. The quantitative estimate of drug-likeness (QED) is 0.640. The minimum absolute atomic E-state index is 0.243. The summed E-state index contributed by atoms with van der Waals surface area (Å²) in [5.41, 5.74) is -0.687. The number of thioether (sulfide) groups is 1. The van der Waals surface area contributed by atoms with Crippen LogP contribution in [0.25, 0.3) is 0 Å². The number of hydrogen-bond donors (Lipinski definition) is 1. The van der Waals surface area contributed by atoms with Crippen LogP contribution in [-0.4, -0.2) is 31.0 Å². The van der Waals surface area contributed by atoms with Gasteiger partial charge in [0.2, 0.25) is 0 Å². The van der Waals surface area contributed by atoms with Crippen molar-refractivity contribution in [2.45, 2.75) is 18.1 Å². The summed E-state index contributed by atoms with van der Waals surface area (Å²) in [4.78, 5) is 4.10. The van der Waals surface area contributed by atoms with Crippen molar-refractivity contribution in [1.82, 2.24) is 4.98 Å². The third kappa shape index (κ3) is 4.73. The molecule has 0 aliphatic heterocycles. The lowest BCUT2D eigenvalue weighted by Gasteiger charge is -2.11. The molecule has 0 unspecified atom stereocenters. The lowest BCUT2D eigenvalue weighted by molar-refractivity contribution is -0.137. The zero-order valence-electron chi connectivity index (χ0n) is 10.2. The molecular formula is C11H15F3N2OS. The van der Waals surface area contributed by atoms with Gasteiger partial charge < -0.3 is 10.1 Å². The van der Waals surface area contributed by atoms with Crippen molar-refractivity contribution < 1.29 is 17.9 Å². The van der Waals surface area contributed by atoms with Crippen LogP contribution in [0.1, 0.15) is 12.5 Å². The van der Waals surface area contributed by atoms with E-state index in [1.807, 2.05) is 0 Å². The Bertz CT molecular complexity index is 385. The smallest absolute Gasteiger partial charge is 0.384 e. The normalized spacial score (nSPS) is 11.6. The molecule has 0 radical (unpaired) electrons. The molecule has 0 atom stereocenters. The van der Waals surface area contributed by atoms with Crippen molar-refractivity contribution in [2.24, 2.45) is 0 Å². The van der Waals surface area contributed by atoms with E-state index < -0.39 is 11.7 Å². The van der Waals surface area contributed by atoms with E-state index in [0.717, 1.165) is 12.1 Å². The van der Waals surface area contributed by atoms with Crippen LogP contribution in [0.4, 0.5) is 19.0 Å². The van der Waals surface area contributed by atoms with Crippen molar-refractivity contribution in [1.29, 1.82) is 0 Å². The molecule has 0 saturated heterocycles. The van der Waals surface area contributed by atoms with Crippen LogP contribution in [0, 0.1) is 0 Å². The number of anilines is 1. The second kappa shape index (κ2) is 6.84. The number of hydrogen-bond acceptors (Lipinski definition) is 4. The summed E-state index contributed by atoms with van der Waals surface area (Å²) in [7, 11) is 1.55. The van der Waals surface area contributed by atoms with E-state index in [-0.39, 0.29) is 5.82 Å². The summed E-state index contributed by atoms with van der Waals surface area (Å²) >= 11 is 1.24. The molecule has 0 aromatic carbocycles. The summed E-state index contributed by atoms with van der Waals surface area (Å²) in [6, 6.07) is 2.07. The SMILES string of the molecule is CCNc1cc(C(F)(F)F)cc(SCCOC)n1. The van der Waals surface area contributed by atoms with Gasteiger partial charge in [-0.3, -0.25) is 0 Å². The highest BCUT2D eigenvalue weighted by Gasteiger charge is 2.31. The molecule has 0 aliphatic rings. The van der Waals surface area contributed by atoms with E-state index in [4.69, 9.17) is 4.74 Å². The molecule has 0 saturated carbocycles. The largest absolute Gasteiger partial charge is 0.416 e. The number of nitrogens with one attached hydrogen (secondary N) is 1. The van der Waals surface area contributed by atoms with Gasteiger partial charge >= 0.3 is 6.18 Å². The number of nitrogens with zero attached hydrogens (tertiary/aromatic N) is 1. The molecule has 7 heteroatoms. The minimum atomic E-state index is -4.36. The Hall–Kier alpha value is -0.950. The fourth-order valence-corrected chi connectivity index (χ4v) is 2.08. The number of alkyl halides is 3. The summed E-state index contributed by atoms with van der Waals surface area (Å²) in [5, 5.41) is 3.14. The minimum Gasteiger partial charge on any atom is -0.384 e. The first-order valence-corrected chi connectivity index (χ1v) is 6.40. The lowest BCUT2D eigenvalue weighted by atomic mass is 10.2. The molecule has 1 aromatic heterocycles. The molecular weight excluding hydrogens is 265 g/mol. The fraction of sp³-hybridized carbons (Fsp3) is 0.545. The van der Waals surface area contributed by atoms with Gasteiger partial charge in [-0.25, -0.2) is 4.98 Å². The molecule has 0 fully saturated rings. The molecule has 0 amide bonds. The van der Waals surface area contributed by atoms with E-state index >= 15 is 0 Å². The second-order valence-corrected chi connectivity index (χ2v) is 4.56. The van der Waals surface area contributed by atoms with Gasteiger partial charge in [0.25, 0.3) is 0 Å². The Labute approximate surface area is 108 Å². The molecule has 3 nitrogen and oxygen atoms in total. The summed E-state index contributed by atoms with van der Waals surface area (Å²) < 4.78 is 42.9. The van der Waals surface area contributed by atoms with Crippen LogP contribution in [0.2, 0.25) is 0 Å². The van der Waals surface area contributed by atoms with Gasteiger partial charge in [0.05, 0.1) is 17.2 Å². The van der Waals surface area contributed by atoms with Crippen molar-refractivity contribution >= 4 is 17.6 Å². The summed E-state index contributed by atoms with van der Waals surface area (Å²) in [6.07, 6.45) is -4.36. The Morgan fingerprint density at radius 3 is 2.67 bits per heavy atom. The average molecular weight is 280 g/mol. The Morgan fingerprint density at radius 2 is 2.11 bits per heavy atom. The van der Waals surface area contributed by atoms with E-state index in [1.54, 1.807) is 14.0 Å². The Balaban J connectivity index is 2.91. The first kappa shape index (κ1) is 15.1. The van der Waals surface area contributed by atoms with Gasteiger partial charge in [-0.05, 0) is 19.1 Å². The van der Waals surface area contributed by atoms with Crippen LogP contribution in [0.15, 0.2) is 17.2 Å². The van der Waals surface area contributed by atoms with E-state index in [2.05, 4.69) is 10.3 Å². The van der Waals surface area contributed by atoms with Crippen molar-refractivity contribution in [3.8, 4) is 0 Å². The molecule has 1 aromatic rings. The van der Waals surface area contributed by atoms with Gasteiger partial charge in [0.15, 0.2) is 0 Å². The highest BCUT2D eigenvalue weighted by molar-refractivity contribution is 7.99. The Morgan fingerprint density at radius 1 is 1.39 bits per heavy atom. The third-order valence-corrected chi connectivity index (χ3v) is 2.90. The molecule has 1 N–H and O–H groups in total. The molecule has 18 heavy (non-hydrogen) atoms. The molecule has 0 bridgehead atoms. The highest BCUT2D eigenvalue weighted by Crippen LogP contribution is 2.33. The number of ether oxygens (including phenoxy) is 1. The lowest BCUT2D eigenvalue weighted by Crippen LogP contribution is -2.08. The average Bonchev–Trinajstić information content (AvgIpc) is 2.28. The zero-order chi connectivity index (χ0) is 13.6. The summed E-state index contributed by atoms with van der Waals surface area (Å²) in [6.45, 7) is 2.80. The molecule has 1 heterocycles. The predicted molar refractivity (Wildman–Crippen MR) is 66.0 cm³/mol. The maximum absolute atomic E-state index is 12.7. The highest BCUT2D eigenvalue weighted by atomic mass is 32.2. The number of rotatable bonds is 6. The van der Waals surface area contributed by atoms with Crippen LogP contribution >= 0.6 is 11.8 Å². The topological polar surface area (TPSA) is 34.1 Å². The standard InChI is InChI=1S/C11H15F3N2OS/c1-3-15-9-6-8(11(12,13)14)7-10(16-9)18-5-4-17-2/h6-7H,3-5H2,1-2H3,(H,15,16). The summed E-state index contributed by atoms with van der Waals surface area (Å²) in [5.74, 6) is 0.809. The van der Waals surface area contributed by atoms with Gasteiger partial charge in [-0.15, -0.1) is 11.8 Å². The van der Waals surface area contributed by atoms with Crippen molar-refractivity contribution in [3.05, 3.63) is 17.7 Å². The van der Waals surface area contributed by atoms with Crippen LogP contribution in [-0.2, 0) is 10.9 Å². The second-order valence-electron chi connectivity index (χ2n) is 3.45. The van der Waals surface area contributed by atoms with Gasteiger partial charge in [-0.1, -0.05) is 0 Å². The maximum Gasteiger partial charge on any atom is 0.416 e. The molecule has 102 valence electrons. The molecule has 1 rings (SSSR count). The predicted octanol–water partition coefficient (Wildman–Crippen LogP) is 3.27. The van der Waals surface area contributed by atoms with Crippen molar-refractivity contribution in [2.75, 3.05) is 31.3 Å². The van der Waals surface area contributed by atoms with Crippen LogP contribution < -0.4 is 5.32 Å². The van der Waals surface area contributed by atoms with Gasteiger partial charge in [0.1, 0.15) is 5.82 Å². The number of halogens is 3. The van der Waals surface area contributed by atoms with E-state index in [9.17, 15) is 13.2 Å².